The van der Waals surface area contributed by atoms with Gasteiger partial charge in [0.05, 0.1) is 12.2 Å². The molecule has 2 saturated carbocycles. The van der Waals surface area contributed by atoms with Crippen LogP contribution in [0.2, 0.25) is 0 Å². The third-order valence-corrected chi connectivity index (χ3v) is 6.24. The molecule has 6 atom stereocenters. The fourth-order valence-corrected chi connectivity index (χ4v) is 4.91. The third kappa shape index (κ3) is 1.89. The fraction of sp³-hybridized carbons (Fsp3) is 0.824. The maximum absolute atomic E-state index is 11.6. The zero-order valence-corrected chi connectivity index (χ0v) is 13.0. The van der Waals surface area contributed by atoms with E-state index in [-0.39, 0.29) is 29.5 Å². The Kier molecular flexibility index (Phi) is 3.34. The molecule has 0 amide bonds. The Hall–Kier alpha value is -0.990. The van der Waals surface area contributed by atoms with Gasteiger partial charge in [-0.25, -0.2) is 0 Å². The Morgan fingerprint density at radius 1 is 1.45 bits per heavy atom. The van der Waals surface area contributed by atoms with Crippen molar-refractivity contribution in [3.63, 3.8) is 0 Å². The van der Waals surface area contributed by atoms with Gasteiger partial charge in [-0.1, -0.05) is 26.7 Å². The van der Waals surface area contributed by atoms with Gasteiger partial charge in [0, 0.05) is 12.3 Å². The Balaban J connectivity index is 1.99. The molecule has 2 aliphatic carbocycles. The minimum Gasteiger partial charge on any atom is -0.497 e. The fourth-order valence-electron chi connectivity index (χ4n) is 4.91. The summed E-state index contributed by atoms with van der Waals surface area (Å²) in [6, 6.07) is 0. The summed E-state index contributed by atoms with van der Waals surface area (Å²) in [7, 11) is 0. The van der Waals surface area contributed by atoms with E-state index in [1.54, 1.807) is 0 Å². The molecule has 20 heavy (non-hydrogen) atoms. The van der Waals surface area contributed by atoms with Gasteiger partial charge >= 0.3 is 5.97 Å². The maximum atomic E-state index is 11.6. The molecule has 0 spiro atoms. The summed E-state index contributed by atoms with van der Waals surface area (Å²) in [6.07, 6.45) is 6.95. The van der Waals surface area contributed by atoms with E-state index in [4.69, 9.17) is 9.47 Å². The van der Waals surface area contributed by atoms with Crippen LogP contribution in [-0.4, -0.2) is 18.2 Å². The monoisotopic (exact) mass is 278 g/mol. The first-order chi connectivity index (χ1) is 9.44. The minimum atomic E-state index is -0.159. The molecule has 2 fully saturated rings. The molecule has 3 rings (SSSR count). The molecule has 0 radical (unpaired) electrons. The number of hydrogen-bond acceptors (Lipinski definition) is 3. The van der Waals surface area contributed by atoms with Gasteiger partial charge in [0.25, 0.3) is 0 Å². The van der Waals surface area contributed by atoms with E-state index in [9.17, 15) is 4.79 Å². The lowest BCUT2D eigenvalue weighted by Crippen LogP contribution is -2.58. The molecule has 0 aromatic heterocycles. The van der Waals surface area contributed by atoms with Crippen LogP contribution >= 0.6 is 0 Å². The molecule has 3 aliphatic rings. The predicted octanol–water partition coefficient (Wildman–Crippen LogP) is 3.68. The van der Waals surface area contributed by atoms with E-state index in [0.29, 0.717) is 11.8 Å². The van der Waals surface area contributed by atoms with E-state index in [1.165, 1.54) is 31.8 Å². The zero-order valence-electron chi connectivity index (χ0n) is 13.0. The van der Waals surface area contributed by atoms with Crippen molar-refractivity contribution in [3.8, 4) is 0 Å². The summed E-state index contributed by atoms with van der Waals surface area (Å²) in [6.45, 7) is 8.32. The Labute approximate surface area is 121 Å². The first kappa shape index (κ1) is 14.0. The van der Waals surface area contributed by atoms with Gasteiger partial charge in [-0.3, -0.25) is 4.79 Å². The van der Waals surface area contributed by atoms with Crippen LogP contribution in [0.5, 0.6) is 0 Å². The van der Waals surface area contributed by atoms with Crippen molar-refractivity contribution in [3.05, 3.63) is 11.8 Å². The first-order valence-corrected chi connectivity index (χ1v) is 7.94. The normalized spacial score (nSPS) is 46.8. The number of ether oxygens (including phenoxy) is 2. The lowest BCUT2D eigenvalue weighted by Gasteiger charge is -2.56. The first-order valence-electron chi connectivity index (χ1n) is 7.94. The van der Waals surface area contributed by atoms with Crippen molar-refractivity contribution >= 4 is 5.97 Å². The highest BCUT2D eigenvalue weighted by Gasteiger charge is 2.59. The highest BCUT2D eigenvalue weighted by Crippen LogP contribution is 2.58. The quantitative estimate of drug-likeness (QED) is 0.686. The Morgan fingerprint density at radius 2 is 2.20 bits per heavy atom. The van der Waals surface area contributed by atoms with Crippen molar-refractivity contribution in [2.24, 2.45) is 23.2 Å². The maximum Gasteiger partial charge on any atom is 0.302 e. The standard InChI is InChI=1S/C17H26O3/c1-10-9-19-14-8-13-7-5-6-11(2)17(13,4)16(15(10)14)20-12(3)18/h9,11,13-16H,5-8H2,1-4H3/t11-,13+,14+,15-,16+,17+/m0/s1. The van der Waals surface area contributed by atoms with E-state index < -0.39 is 0 Å². The number of rotatable bonds is 1. The van der Waals surface area contributed by atoms with Crippen molar-refractivity contribution in [1.29, 1.82) is 0 Å². The Morgan fingerprint density at radius 3 is 2.90 bits per heavy atom. The van der Waals surface area contributed by atoms with E-state index in [2.05, 4.69) is 20.8 Å². The topological polar surface area (TPSA) is 35.5 Å². The average Bonchev–Trinajstić information content (AvgIpc) is 2.73. The largest absolute Gasteiger partial charge is 0.497 e. The van der Waals surface area contributed by atoms with Gasteiger partial charge in [0.15, 0.2) is 0 Å². The highest BCUT2D eigenvalue weighted by atomic mass is 16.5. The van der Waals surface area contributed by atoms with Crippen LogP contribution in [0.1, 0.15) is 53.4 Å². The highest BCUT2D eigenvalue weighted by molar-refractivity contribution is 5.66. The van der Waals surface area contributed by atoms with Crippen molar-refractivity contribution in [2.45, 2.75) is 65.6 Å². The smallest absolute Gasteiger partial charge is 0.302 e. The van der Waals surface area contributed by atoms with Crippen LogP contribution < -0.4 is 0 Å². The Bertz CT molecular complexity index is 442. The predicted molar refractivity (Wildman–Crippen MR) is 76.9 cm³/mol. The van der Waals surface area contributed by atoms with Crippen LogP contribution in [0.15, 0.2) is 11.8 Å². The molecular weight excluding hydrogens is 252 g/mol. The number of fused-ring (bicyclic) bond motifs is 2. The third-order valence-electron chi connectivity index (χ3n) is 6.24. The van der Waals surface area contributed by atoms with Crippen molar-refractivity contribution in [1.82, 2.24) is 0 Å². The van der Waals surface area contributed by atoms with Crippen molar-refractivity contribution < 1.29 is 14.3 Å². The number of carbonyl (C=O) groups is 1. The summed E-state index contributed by atoms with van der Waals surface area (Å²) >= 11 is 0. The van der Waals surface area contributed by atoms with E-state index >= 15 is 0 Å². The lowest BCUT2D eigenvalue weighted by molar-refractivity contribution is -0.188. The van der Waals surface area contributed by atoms with Gasteiger partial charge < -0.3 is 9.47 Å². The molecule has 0 saturated heterocycles. The molecule has 112 valence electrons. The minimum absolute atomic E-state index is 0.0298. The van der Waals surface area contributed by atoms with Gasteiger partial charge in [-0.15, -0.1) is 0 Å². The van der Waals surface area contributed by atoms with Crippen LogP contribution in [0.3, 0.4) is 0 Å². The summed E-state index contributed by atoms with van der Waals surface area (Å²) in [5, 5.41) is 0. The molecule has 0 aromatic carbocycles. The van der Waals surface area contributed by atoms with Gasteiger partial charge in [-0.05, 0) is 37.2 Å². The number of esters is 1. The summed E-state index contributed by atoms with van der Waals surface area (Å²) < 4.78 is 11.7. The molecule has 0 bridgehead atoms. The molecule has 0 unspecified atom stereocenters. The second-order valence-electron chi connectivity index (χ2n) is 7.22. The number of hydrogen-bond donors (Lipinski definition) is 0. The molecule has 1 aliphatic heterocycles. The van der Waals surface area contributed by atoms with Gasteiger partial charge in [0.2, 0.25) is 0 Å². The van der Waals surface area contributed by atoms with Crippen LogP contribution in [0.25, 0.3) is 0 Å². The molecular formula is C17H26O3. The number of carbonyl (C=O) groups excluding carboxylic acids is 1. The van der Waals surface area contributed by atoms with E-state index in [1.807, 2.05) is 6.26 Å². The molecule has 0 aromatic rings. The molecule has 1 heterocycles. The molecule has 3 heteroatoms. The van der Waals surface area contributed by atoms with Gasteiger partial charge in [0.1, 0.15) is 12.2 Å². The molecule has 0 N–H and O–H groups in total. The van der Waals surface area contributed by atoms with Crippen LogP contribution in [-0.2, 0) is 14.3 Å². The summed E-state index contributed by atoms with van der Waals surface area (Å²) in [5.41, 5.74) is 1.33. The molecule has 3 nitrogen and oxygen atoms in total. The summed E-state index contributed by atoms with van der Waals surface area (Å²) in [4.78, 5) is 11.6. The van der Waals surface area contributed by atoms with Crippen LogP contribution in [0.4, 0.5) is 0 Å². The second-order valence-corrected chi connectivity index (χ2v) is 7.22. The van der Waals surface area contributed by atoms with Crippen LogP contribution in [0, 0.1) is 23.2 Å². The zero-order chi connectivity index (χ0) is 14.5. The SMILES string of the molecule is CC(=O)O[C@@H]1[C@H]2C(C)=CO[C@@H]2C[C@H]2CCC[C@H](C)[C@]21C. The average molecular weight is 278 g/mol. The van der Waals surface area contributed by atoms with Crippen molar-refractivity contribution in [2.75, 3.05) is 0 Å². The van der Waals surface area contributed by atoms with Gasteiger partial charge in [-0.2, -0.15) is 0 Å². The lowest BCUT2D eigenvalue weighted by atomic mass is 9.51. The van der Waals surface area contributed by atoms with E-state index in [0.717, 1.165) is 6.42 Å². The summed E-state index contributed by atoms with van der Waals surface area (Å²) in [5.74, 6) is 1.30. The second kappa shape index (κ2) is 4.78.